The molecule has 0 amide bonds. The standard InChI is InChI=1S/C24H31N5O2/c1-3-31-21-11-7-4-8-17(21)14-28-13-16(2)20(15-28)22-26-23-19(24(30)27-22)12-25-29(23)18-9-5-6-10-18/h4,7-8,11-12,16,18,20H,3,5-6,9-10,13-15H2,1-2H3,(H,26,27,30)/t16-,20-/m1/s1. The molecule has 7 heteroatoms. The molecular formula is C24H31N5O2. The zero-order chi connectivity index (χ0) is 21.4. The Morgan fingerprint density at radius 2 is 2.00 bits per heavy atom. The van der Waals surface area contributed by atoms with Crippen LogP contribution in [-0.2, 0) is 6.54 Å². The molecule has 3 heterocycles. The molecule has 164 valence electrons. The summed E-state index contributed by atoms with van der Waals surface area (Å²) >= 11 is 0. The highest BCUT2D eigenvalue weighted by Gasteiger charge is 2.33. The first-order valence-electron chi connectivity index (χ1n) is 11.5. The number of H-pyrrole nitrogens is 1. The van der Waals surface area contributed by atoms with Crippen molar-refractivity contribution < 1.29 is 4.74 Å². The summed E-state index contributed by atoms with van der Waals surface area (Å²) in [5, 5.41) is 5.13. The summed E-state index contributed by atoms with van der Waals surface area (Å²) in [5.41, 5.74) is 1.88. The maximum absolute atomic E-state index is 12.8. The molecule has 1 saturated heterocycles. The molecule has 2 fully saturated rings. The average Bonchev–Trinajstić information content (AvgIpc) is 3.49. The number of hydrogen-bond donors (Lipinski definition) is 1. The molecule has 0 spiro atoms. The fourth-order valence-corrected chi connectivity index (χ4v) is 5.27. The van der Waals surface area contributed by atoms with Crippen LogP contribution >= 0.6 is 0 Å². The summed E-state index contributed by atoms with van der Waals surface area (Å²) in [6.45, 7) is 7.60. The van der Waals surface area contributed by atoms with Gasteiger partial charge in [-0.1, -0.05) is 38.0 Å². The van der Waals surface area contributed by atoms with Gasteiger partial charge in [0.1, 0.15) is 17.0 Å². The normalized spacial score (nSPS) is 22.5. The van der Waals surface area contributed by atoms with Crippen molar-refractivity contribution in [3.63, 3.8) is 0 Å². The van der Waals surface area contributed by atoms with E-state index in [2.05, 4.69) is 34.0 Å². The smallest absolute Gasteiger partial charge is 0.262 e. The van der Waals surface area contributed by atoms with Gasteiger partial charge in [0.05, 0.1) is 18.8 Å². The lowest BCUT2D eigenvalue weighted by molar-refractivity contribution is 0.297. The molecule has 2 aliphatic rings. The molecule has 0 radical (unpaired) electrons. The van der Waals surface area contributed by atoms with E-state index in [9.17, 15) is 4.79 Å². The Balaban J connectivity index is 1.40. The maximum Gasteiger partial charge on any atom is 0.262 e. The lowest BCUT2D eigenvalue weighted by Gasteiger charge is -2.18. The lowest BCUT2D eigenvalue weighted by Crippen LogP contribution is -2.22. The second kappa shape index (κ2) is 8.46. The van der Waals surface area contributed by atoms with Gasteiger partial charge in [0, 0.05) is 31.1 Å². The van der Waals surface area contributed by atoms with Crippen molar-refractivity contribution in [2.45, 2.75) is 58.0 Å². The summed E-state index contributed by atoms with van der Waals surface area (Å²) in [7, 11) is 0. The average molecular weight is 422 g/mol. The van der Waals surface area contributed by atoms with Crippen LogP contribution in [0.4, 0.5) is 0 Å². The Bertz CT molecular complexity index is 1110. The molecule has 1 aromatic carbocycles. The van der Waals surface area contributed by atoms with Gasteiger partial charge < -0.3 is 9.72 Å². The molecule has 31 heavy (non-hydrogen) atoms. The molecular weight excluding hydrogens is 390 g/mol. The van der Waals surface area contributed by atoms with Crippen LogP contribution in [0.15, 0.2) is 35.3 Å². The second-order valence-electron chi connectivity index (χ2n) is 9.03. The minimum atomic E-state index is -0.0726. The highest BCUT2D eigenvalue weighted by atomic mass is 16.5. The number of ether oxygens (including phenoxy) is 1. The van der Waals surface area contributed by atoms with Gasteiger partial charge in [0.2, 0.25) is 0 Å². The third kappa shape index (κ3) is 3.87. The topological polar surface area (TPSA) is 76.0 Å². The second-order valence-corrected chi connectivity index (χ2v) is 9.03. The monoisotopic (exact) mass is 421 g/mol. The highest BCUT2D eigenvalue weighted by molar-refractivity contribution is 5.73. The molecule has 5 rings (SSSR count). The van der Waals surface area contributed by atoms with E-state index in [1.165, 1.54) is 18.4 Å². The molecule has 0 bridgehead atoms. The predicted octanol–water partition coefficient (Wildman–Crippen LogP) is 3.87. The van der Waals surface area contributed by atoms with Gasteiger partial charge in [-0.25, -0.2) is 9.67 Å². The Labute approximate surface area is 182 Å². The van der Waals surface area contributed by atoms with E-state index in [-0.39, 0.29) is 11.5 Å². The van der Waals surface area contributed by atoms with E-state index in [4.69, 9.17) is 9.72 Å². The number of benzene rings is 1. The SMILES string of the molecule is CCOc1ccccc1CN1C[C@@H](C)[C@H](c2nc3c(cnn3C3CCCC3)c(=O)[nH]2)C1. The highest BCUT2D eigenvalue weighted by Crippen LogP contribution is 2.34. The van der Waals surface area contributed by atoms with Gasteiger partial charge in [-0.2, -0.15) is 5.10 Å². The molecule has 0 unspecified atom stereocenters. The van der Waals surface area contributed by atoms with E-state index < -0.39 is 0 Å². The van der Waals surface area contributed by atoms with E-state index in [1.807, 2.05) is 23.7 Å². The molecule has 1 aliphatic heterocycles. The summed E-state index contributed by atoms with van der Waals surface area (Å²) in [6, 6.07) is 8.61. The van der Waals surface area contributed by atoms with Crippen molar-refractivity contribution in [3.8, 4) is 5.75 Å². The first-order chi connectivity index (χ1) is 15.1. The molecule has 1 N–H and O–H groups in total. The number of para-hydroxylation sites is 1. The Morgan fingerprint density at radius 1 is 1.19 bits per heavy atom. The minimum absolute atomic E-state index is 0.0726. The van der Waals surface area contributed by atoms with E-state index in [0.29, 0.717) is 24.0 Å². The van der Waals surface area contributed by atoms with Crippen molar-refractivity contribution in [3.05, 3.63) is 52.2 Å². The summed E-state index contributed by atoms with van der Waals surface area (Å²) in [5.74, 6) is 2.35. The molecule has 2 aromatic heterocycles. The number of aromatic nitrogens is 4. The summed E-state index contributed by atoms with van der Waals surface area (Å²) in [6.07, 6.45) is 6.36. The number of hydrogen-bond acceptors (Lipinski definition) is 5. The minimum Gasteiger partial charge on any atom is -0.494 e. The number of nitrogens with zero attached hydrogens (tertiary/aromatic N) is 4. The predicted molar refractivity (Wildman–Crippen MR) is 120 cm³/mol. The molecule has 7 nitrogen and oxygen atoms in total. The first kappa shape index (κ1) is 20.2. The van der Waals surface area contributed by atoms with Crippen molar-refractivity contribution >= 4 is 11.0 Å². The Hall–Kier alpha value is -2.67. The molecule has 1 aliphatic carbocycles. The number of rotatable bonds is 6. The fraction of sp³-hybridized carbons (Fsp3) is 0.542. The van der Waals surface area contributed by atoms with Gasteiger partial charge in [-0.15, -0.1) is 0 Å². The Morgan fingerprint density at radius 3 is 2.81 bits per heavy atom. The Kier molecular flexibility index (Phi) is 5.52. The molecule has 2 atom stereocenters. The van der Waals surface area contributed by atoms with Crippen LogP contribution in [0.2, 0.25) is 0 Å². The van der Waals surface area contributed by atoms with Crippen LogP contribution in [0.25, 0.3) is 11.0 Å². The van der Waals surface area contributed by atoms with Crippen molar-refractivity contribution in [1.82, 2.24) is 24.6 Å². The summed E-state index contributed by atoms with van der Waals surface area (Å²) in [4.78, 5) is 23.3. The number of fused-ring (bicyclic) bond motifs is 1. The van der Waals surface area contributed by atoms with Gasteiger partial charge in [0.15, 0.2) is 5.65 Å². The van der Waals surface area contributed by atoms with Crippen LogP contribution in [0.3, 0.4) is 0 Å². The van der Waals surface area contributed by atoms with Gasteiger partial charge in [-0.3, -0.25) is 9.69 Å². The third-order valence-corrected chi connectivity index (χ3v) is 6.86. The maximum atomic E-state index is 12.8. The van der Waals surface area contributed by atoms with Crippen LogP contribution in [0.5, 0.6) is 5.75 Å². The van der Waals surface area contributed by atoms with Crippen molar-refractivity contribution in [2.24, 2.45) is 5.92 Å². The van der Waals surface area contributed by atoms with Crippen LogP contribution in [0.1, 0.15) is 62.9 Å². The first-order valence-corrected chi connectivity index (χ1v) is 11.5. The quantitative estimate of drug-likeness (QED) is 0.654. The summed E-state index contributed by atoms with van der Waals surface area (Å²) < 4.78 is 7.80. The molecule has 3 aromatic rings. The van der Waals surface area contributed by atoms with Crippen LogP contribution in [-0.4, -0.2) is 44.3 Å². The zero-order valence-corrected chi connectivity index (χ0v) is 18.4. The van der Waals surface area contributed by atoms with Crippen molar-refractivity contribution in [2.75, 3.05) is 19.7 Å². The zero-order valence-electron chi connectivity index (χ0n) is 18.4. The molecule has 1 saturated carbocycles. The fourth-order valence-electron chi connectivity index (χ4n) is 5.27. The van der Waals surface area contributed by atoms with E-state index >= 15 is 0 Å². The van der Waals surface area contributed by atoms with Crippen LogP contribution < -0.4 is 10.3 Å². The lowest BCUT2D eigenvalue weighted by atomic mass is 9.97. The number of likely N-dealkylation sites (tertiary alicyclic amines) is 1. The van der Waals surface area contributed by atoms with Crippen molar-refractivity contribution in [1.29, 1.82) is 0 Å². The van der Waals surface area contributed by atoms with Gasteiger partial charge >= 0.3 is 0 Å². The third-order valence-electron chi connectivity index (χ3n) is 6.86. The van der Waals surface area contributed by atoms with Gasteiger partial charge in [0.25, 0.3) is 5.56 Å². The van der Waals surface area contributed by atoms with Gasteiger partial charge in [-0.05, 0) is 31.7 Å². The number of nitrogens with one attached hydrogen (secondary N) is 1. The largest absolute Gasteiger partial charge is 0.494 e. The van der Waals surface area contributed by atoms with Crippen LogP contribution in [0, 0.1) is 5.92 Å². The van der Waals surface area contributed by atoms with E-state index in [0.717, 1.165) is 49.7 Å². The van der Waals surface area contributed by atoms with E-state index in [1.54, 1.807) is 6.20 Å². The number of aromatic amines is 1.